The van der Waals surface area contributed by atoms with Gasteiger partial charge in [-0.05, 0) is 79.8 Å². The molecule has 1 aliphatic heterocycles. The number of carbonyl (C=O) groups excluding carboxylic acids is 1. The number of ether oxygens (including phenoxy) is 1. The average molecular weight is 617 g/mol. The molecule has 9 nitrogen and oxygen atoms in total. The van der Waals surface area contributed by atoms with Crippen LogP contribution >= 0.6 is 22.4 Å². The number of aliphatic hydroxyl groups is 1. The number of carbonyl (C=O) groups is 1. The quantitative estimate of drug-likeness (QED) is 0.148. The maximum Gasteiger partial charge on any atom is 0.251 e. The van der Waals surface area contributed by atoms with E-state index in [1.54, 1.807) is 29.6 Å². The van der Waals surface area contributed by atoms with Crippen LogP contribution in [0, 0.1) is 0 Å². The highest BCUT2D eigenvalue weighted by Crippen LogP contribution is 2.50. The molecule has 0 radical (unpaired) electrons. The van der Waals surface area contributed by atoms with Gasteiger partial charge in [-0.25, -0.2) is 0 Å². The van der Waals surface area contributed by atoms with Gasteiger partial charge in [-0.1, -0.05) is 35.9 Å². The highest BCUT2D eigenvalue weighted by atomic mass is 35.5. The average Bonchev–Trinajstić information content (AvgIpc) is 2.96. The fraction of sp³-hybridized carbons (Fsp3) is 0.387. The molecule has 2 unspecified atom stereocenters. The maximum absolute atomic E-state index is 13.7. The summed E-state index contributed by atoms with van der Waals surface area (Å²) in [6, 6.07) is 19.7. The molecule has 228 valence electrons. The summed E-state index contributed by atoms with van der Waals surface area (Å²) in [7, 11) is -1.35. The van der Waals surface area contributed by atoms with Crippen molar-refractivity contribution < 1.29 is 23.7 Å². The molecule has 0 aliphatic carbocycles. The monoisotopic (exact) mass is 616 g/mol. The SMILES string of the molecule is CCNc1cc(C(=O)NC(Cc2cccc(Cl)c2)C(O)CNCc2cccc(OC)c2)cc(N2CCCCS2(O)O)c1. The molecule has 1 heterocycles. The van der Waals surface area contributed by atoms with Crippen LogP contribution in [0.4, 0.5) is 11.4 Å². The first-order valence-electron chi connectivity index (χ1n) is 14.2. The molecular formula is C31H41ClN4O5S. The van der Waals surface area contributed by atoms with Crippen molar-refractivity contribution in [2.24, 2.45) is 0 Å². The van der Waals surface area contributed by atoms with Crippen LogP contribution < -0.4 is 25.0 Å². The second kappa shape index (κ2) is 15.0. The van der Waals surface area contributed by atoms with Gasteiger partial charge in [0.2, 0.25) is 0 Å². The Morgan fingerprint density at radius 2 is 1.86 bits per heavy atom. The Morgan fingerprint density at radius 1 is 1.07 bits per heavy atom. The minimum absolute atomic E-state index is 0.236. The zero-order valence-corrected chi connectivity index (χ0v) is 25.6. The third kappa shape index (κ3) is 8.76. The van der Waals surface area contributed by atoms with Crippen molar-refractivity contribution in [2.45, 2.75) is 44.9 Å². The number of aliphatic hydroxyl groups excluding tert-OH is 1. The van der Waals surface area contributed by atoms with Crippen LogP contribution in [-0.2, 0) is 13.0 Å². The van der Waals surface area contributed by atoms with Gasteiger partial charge in [0, 0.05) is 42.5 Å². The van der Waals surface area contributed by atoms with E-state index in [2.05, 4.69) is 16.0 Å². The minimum atomic E-state index is -2.96. The molecule has 3 aromatic rings. The second-order valence-electron chi connectivity index (χ2n) is 10.4. The third-order valence-electron chi connectivity index (χ3n) is 7.17. The van der Waals surface area contributed by atoms with Gasteiger partial charge >= 0.3 is 0 Å². The molecule has 11 heteroatoms. The fourth-order valence-corrected chi connectivity index (χ4v) is 6.93. The Bertz CT molecular complexity index is 1340. The van der Waals surface area contributed by atoms with E-state index < -0.39 is 22.9 Å². The van der Waals surface area contributed by atoms with Crippen molar-refractivity contribution in [3.63, 3.8) is 0 Å². The van der Waals surface area contributed by atoms with Crippen molar-refractivity contribution in [2.75, 3.05) is 42.1 Å². The first-order valence-corrected chi connectivity index (χ1v) is 16.2. The predicted molar refractivity (Wildman–Crippen MR) is 172 cm³/mol. The van der Waals surface area contributed by atoms with E-state index in [0.29, 0.717) is 53.8 Å². The van der Waals surface area contributed by atoms with Gasteiger partial charge in [0.05, 0.1) is 30.7 Å². The number of benzene rings is 3. The summed E-state index contributed by atoms with van der Waals surface area (Å²) in [5.74, 6) is 0.686. The van der Waals surface area contributed by atoms with Crippen LogP contribution in [0.1, 0.15) is 41.3 Å². The van der Waals surface area contributed by atoms with Crippen LogP contribution in [0.15, 0.2) is 66.7 Å². The summed E-state index contributed by atoms with van der Waals surface area (Å²) in [4.78, 5) is 13.7. The van der Waals surface area contributed by atoms with Crippen molar-refractivity contribution in [1.82, 2.24) is 10.6 Å². The van der Waals surface area contributed by atoms with Crippen molar-refractivity contribution in [1.29, 1.82) is 0 Å². The molecule has 1 saturated heterocycles. The Labute approximate surface area is 254 Å². The topological polar surface area (TPSA) is 126 Å². The molecule has 1 fully saturated rings. The minimum Gasteiger partial charge on any atom is -0.497 e. The lowest BCUT2D eigenvalue weighted by Crippen LogP contribution is -2.48. The van der Waals surface area contributed by atoms with E-state index in [0.717, 1.165) is 29.7 Å². The smallest absolute Gasteiger partial charge is 0.251 e. The fourth-order valence-electron chi connectivity index (χ4n) is 5.04. The Kier molecular flexibility index (Phi) is 11.4. The lowest BCUT2D eigenvalue weighted by molar-refractivity contribution is 0.0830. The van der Waals surface area contributed by atoms with E-state index in [-0.39, 0.29) is 12.5 Å². The zero-order chi connectivity index (χ0) is 30.1. The highest BCUT2D eigenvalue weighted by molar-refractivity contribution is 8.25. The highest BCUT2D eigenvalue weighted by Gasteiger charge is 2.28. The van der Waals surface area contributed by atoms with Gasteiger partial charge in [0.15, 0.2) is 0 Å². The number of methoxy groups -OCH3 is 1. The van der Waals surface area contributed by atoms with Gasteiger partial charge in [-0.15, -0.1) is 10.8 Å². The summed E-state index contributed by atoms with van der Waals surface area (Å²) in [5, 5.41) is 21.4. The van der Waals surface area contributed by atoms with Crippen LogP contribution in [0.25, 0.3) is 0 Å². The standard InChI is InChI=1S/C31H41ClN4O5S/c1-3-34-26-17-24(18-27(19-26)36-12-4-5-13-42(36,39)40)31(38)35-29(16-22-8-6-10-25(32)14-22)30(37)21-33-20-23-9-7-11-28(15-23)41-2/h6-11,14-15,17-19,29-30,33-34,37,39-40H,3-5,12-13,16,20-21H2,1-2H3,(H,35,38). The largest absolute Gasteiger partial charge is 0.497 e. The second-order valence-corrected chi connectivity index (χ2v) is 13.0. The number of anilines is 2. The van der Waals surface area contributed by atoms with Gasteiger partial charge < -0.3 is 25.8 Å². The zero-order valence-electron chi connectivity index (χ0n) is 24.1. The van der Waals surface area contributed by atoms with Crippen LogP contribution in [-0.4, -0.2) is 64.8 Å². The molecule has 0 bridgehead atoms. The predicted octanol–water partition coefficient (Wildman–Crippen LogP) is 5.54. The Balaban J connectivity index is 1.54. The van der Waals surface area contributed by atoms with E-state index >= 15 is 0 Å². The summed E-state index contributed by atoms with van der Waals surface area (Å²) >= 11 is 6.22. The lowest BCUT2D eigenvalue weighted by atomic mass is 10.00. The number of halogens is 1. The van der Waals surface area contributed by atoms with Gasteiger partial charge in [-0.3, -0.25) is 18.2 Å². The van der Waals surface area contributed by atoms with E-state index in [4.69, 9.17) is 16.3 Å². The van der Waals surface area contributed by atoms with Crippen LogP contribution in [0.5, 0.6) is 5.75 Å². The summed E-state index contributed by atoms with van der Waals surface area (Å²) < 4.78 is 28.3. The van der Waals surface area contributed by atoms with Gasteiger partial charge in [-0.2, -0.15) is 0 Å². The maximum atomic E-state index is 13.7. The lowest BCUT2D eigenvalue weighted by Gasteiger charge is -2.47. The molecule has 3 aromatic carbocycles. The van der Waals surface area contributed by atoms with Crippen molar-refractivity contribution in [3.8, 4) is 5.75 Å². The van der Waals surface area contributed by atoms with Gasteiger partial charge in [0.25, 0.3) is 5.91 Å². The Hall–Kier alpha value is -2.99. The van der Waals surface area contributed by atoms with Crippen LogP contribution in [0.3, 0.4) is 0 Å². The number of hydrogen-bond donors (Lipinski definition) is 6. The molecule has 0 spiro atoms. The number of rotatable bonds is 13. The Morgan fingerprint density at radius 3 is 2.60 bits per heavy atom. The normalized spacial score (nSPS) is 16.8. The van der Waals surface area contributed by atoms with Crippen molar-refractivity contribution >= 4 is 39.7 Å². The molecule has 1 amide bonds. The summed E-state index contributed by atoms with van der Waals surface area (Å²) in [5.41, 5.74) is 3.52. The number of hydrogen-bond acceptors (Lipinski definition) is 8. The molecule has 0 aromatic heterocycles. The number of nitrogens with zero attached hydrogens (tertiary/aromatic N) is 1. The summed E-state index contributed by atoms with van der Waals surface area (Å²) in [6.07, 6.45) is 1.03. The van der Waals surface area contributed by atoms with Crippen LogP contribution in [0.2, 0.25) is 5.02 Å². The molecular weight excluding hydrogens is 576 g/mol. The van der Waals surface area contributed by atoms with E-state index in [1.807, 2.05) is 55.5 Å². The molecule has 6 N–H and O–H groups in total. The molecule has 0 saturated carbocycles. The van der Waals surface area contributed by atoms with Crippen molar-refractivity contribution in [3.05, 3.63) is 88.4 Å². The first kappa shape index (κ1) is 31.9. The third-order valence-corrected chi connectivity index (χ3v) is 9.34. The number of nitrogens with one attached hydrogen (secondary N) is 3. The molecule has 42 heavy (non-hydrogen) atoms. The first-order chi connectivity index (χ1) is 20.2. The molecule has 1 aliphatic rings. The summed E-state index contributed by atoms with van der Waals surface area (Å²) in [6.45, 7) is 3.84. The van der Waals surface area contributed by atoms with E-state index in [9.17, 15) is 19.0 Å². The van der Waals surface area contributed by atoms with Gasteiger partial charge in [0.1, 0.15) is 5.75 Å². The molecule has 2 atom stereocenters. The molecule has 4 rings (SSSR count). The van der Waals surface area contributed by atoms with E-state index in [1.165, 1.54) is 0 Å². The number of amides is 1.